The van der Waals surface area contributed by atoms with E-state index in [1.54, 1.807) is 0 Å². The van der Waals surface area contributed by atoms with Crippen molar-refractivity contribution in [1.82, 2.24) is 4.57 Å². The first-order valence-electron chi connectivity index (χ1n) is 15.0. The van der Waals surface area contributed by atoms with Crippen molar-refractivity contribution < 1.29 is 0 Å². The zero-order chi connectivity index (χ0) is 27.5. The molecule has 0 fully saturated rings. The van der Waals surface area contributed by atoms with E-state index < -0.39 is 0 Å². The molecule has 2 aliphatic rings. The SMILES string of the molecule is CC1C=C2c3ccc4c5ccccc5n(-c5ccc6c7ccccc7c7ccccc7c6c5)c4c3-c3cccc(c32)C1. The third-order valence-electron chi connectivity index (χ3n) is 9.80. The predicted octanol–water partition coefficient (Wildman–Crippen LogP) is 10.8. The highest BCUT2D eigenvalue weighted by atomic mass is 15.0. The molecule has 1 nitrogen and oxygen atoms in total. The van der Waals surface area contributed by atoms with E-state index in [0.29, 0.717) is 5.92 Å². The van der Waals surface area contributed by atoms with Gasteiger partial charge in [-0.15, -0.1) is 0 Å². The van der Waals surface area contributed by atoms with Crippen LogP contribution < -0.4 is 0 Å². The lowest BCUT2D eigenvalue weighted by Crippen LogP contribution is -2.06. The monoisotopic (exact) mass is 533 g/mol. The molecule has 0 amide bonds. The molecule has 10 rings (SSSR count). The molecule has 0 spiro atoms. The van der Waals surface area contributed by atoms with Crippen LogP contribution in [0.1, 0.15) is 23.6 Å². The number of fused-ring (bicyclic) bond motifs is 13. The molecule has 1 aromatic heterocycles. The minimum absolute atomic E-state index is 0.541. The Bertz CT molecular complexity index is 2470. The molecule has 196 valence electrons. The average molecular weight is 534 g/mol. The molecule has 7 aromatic carbocycles. The van der Waals surface area contributed by atoms with Gasteiger partial charge in [0, 0.05) is 22.0 Å². The normalized spacial score (nSPS) is 15.5. The third-order valence-corrected chi connectivity index (χ3v) is 9.80. The first-order chi connectivity index (χ1) is 20.8. The summed E-state index contributed by atoms with van der Waals surface area (Å²) in [5, 5.41) is 10.5. The van der Waals surface area contributed by atoms with Gasteiger partial charge < -0.3 is 4.57 Å². The van der Waals surface area contributed by atoms with Crippen LogP contribution in [-0.2, 0) is 6.42 Å². The van der Waals surface area contributed by atoms with Crippen LogP contribution in [0.15, 0.2) is 127 Å². The number of rotatable bonds is 1. The molecule has 1 heterocycles. The van der Waals surface area contributed by atoms with E-state index in [-0.39, 0.29) is 0 Å². The van der Waals surface area contributed by atoms with Crippen molar-refractivity contribution in [3.63, 3.8) is 0 Å². The van der Waals surface area contributed by atoms with E-state index >= 15 is 0 Å². The topological polar surface area (TPSA) is 4.93 Å². The number of allylic oxidation sites excluding steroid dienone is 1. The number of hydrogen-bond donors (Lipinski definition) is 0. The maximum absolute atomic E-state index is 2.54. The summed E-state index contributed by atoms with van der Waals surface area (Å²) in [7, 11) is 0. The lowest BCUT2D eigenvalue weighted by molar-refractivity contribution is 0.715. The molecule has 42 heavy (non-hydrogen) atoms. The summed E-state index contributed by atoms with van der Waals surface area (Å²) < 4.78 is 2.54. The number of nitrogens with zero attached hydrogens (tertiary/aromatic N) is 1. The fraction of sp³-hybridized carbons (Fsp3) is 0.0732. The minimum Gasteiger partial charge on any atom is -0.309 e. The highest BCUT2D eigenvalue weighted by molar-refractivity contribution is 6.26. The zero-order valence-electron chi connectivity index (χ0n) is 23.4. The molecule has 0 saturated heterocycles. The predicted molar refractivity (Wildman–Crippen MR) is 179 cm³/mol. The second-order valence-corrected chi connectivity index (χ2v) is 12.2. The van der Waals surface area contributed by atoms with E-state index in [1.165, 1.54) is 93.2 Å². The van der Waals surface area contributed by atoms with Gasteiger partial charge in [-0.25, -0.2) is 0 Å². The van der Waals surface area contributed by atoms with Gasteiger partial charge in [0.05, 0.1) is 11.0 Å². The molecule has 1 atom stereocenters. The van der Waals surface area contributed by atoms with Gasteiger partial charge in [0.15, 0.2) is 0 Å². The summed E-state index contributed by atoms with van der Waals surface area (Å²) in [5.74, 6) is 0.541. The Balaban J connectivity index is 1.37. The summed E-state index contributed by atoms with van der Waals surface area (Å²) in [5.41, 5.74) is 12.3. The van der Waals surface area contributed by atoms with Crippen molar-refractivity contribution in [1.29, 1.82) is 0 Å². The van der Waals surface area contributed by atoms with E-state index in [4.69, 9.17) is 0 Å². The maximum Gasteiger partial charge on any atom is 0.0625 e. The van der Waals surface area contributed by atoms with Gasteiger partial charge in [-0.2, -0.15) is 0 Å². The Labute approximate surface area is 243 Å². The number of hydrogen-bond acceptors (Lipinski definition) is 0. The van der Waals surface area contributed by atoms with Crippen molar-refractivity contribution in [3.8, 4) is 16.8 Å². The Morgan fingerprint density at radius 1 is 0.524 bits per heavy atom. The molecule has 0 radical (unpaired) electrons. The summed E-state index contributed by atoms with van der Waals surface area (Å²) in [6.45, 7) is 2.35. The summed E-state index contributed by atoms with van der Waals surface area (Å²) in [6, 6.07) is 45.4. The molecular formula is C41H27N. The summed E-state index contributed by atoms with van der Waals surface area (Å²) in [4.78, 5) is 0. The first-order valence-corrected chi connectivity index (χ1v) is 15.0. The molecule has 2 aliphatic carbocycles. The Kier molecular flexibility index (Phi) is 4.29. The maximum atomic E-state index is 2.54. The minimum atomic E-state index is 0.541. The molecule has 0 bridgehead atoms. The van der Waals surface area contributed by atoms with Crippen LogP contribution in [0.25, 0.3) is 76.5 Å². The van der Waals surface area contributed by atoms with Crippen LogP contribution in [0.3, 0.4) is 0 Å². The highest BCUT2D eigenvalue weighted by Crippen LogP contribution is 2.53. The van der Waals surface area contributed by atoms with Gasteiger partial charge in [-0.1, -0.05) is 116 Å². The second kappa shape index (κ2) is 7.99. The van der Waals surface area contributed by atoms with Crippen molar-refractivity contribution in [2.24, 2.45) is 5.92 Å². The molecule has 0 N–H and O–H groups in total. The van der Waals surface area contributed by atoms with Crippen LogP contribution in [0.5, 0.6) is 0 Å². The largest absolute Gasteiger partial charge is 0.309 e. The average Bonchev–Trinajstić information content (AvgIpc) is 3.54. The van der Waals surface area contributed by atoms with Gasteiger partial charge in [-0.05, 0) is 90.7 Å². The first kappa shape index (κ1) is 22.5. The Morgan fingerprint density at radius 2 is 1.17 bits per heavy atom. The van der Waals surface area contributed by atoms with Crippen LogP contribution in [-0.4, -0.2) is 4.57 Å². The van der Waals surface area contributed by atoms with Crippen LogP contribution in [0.2, 0.25) is 0 Å². The quantitative estimate of drug-likeness (QED) is 0.185. The molecule has 0 saturated carbocycles. The standard InChI is InChI=1S/C41H27N/c1-24-21-25-9-8-15-35-39(25)37(22-24)33-19-20-34-32-14-6-7-16-38(32)42(41(34)40(33)35)26-17-18-31-29-12-3-2-10-27(29)28-11-4-5-13-30(28)36(31)23-26/h2-20,22-24H,21H2,1H3. The van der Waals surface area contributed by atoms with Crippen LogP contribution in [0.4, 0.5) is 0 Å². The van der Waals surface area contributed by atoms with Crippen LogP contribution >= 0.6 is 0 Å². The van der Waals surface area contributed by atoms with Gasteiger partial charge in [0.2, 0.25) is 0 Å². The number of benzene rings is 7. The molecule has 1 heteroatoms. The molecule has 0 aliphatic heterocycles. The van der Waals surface area contributed by atoms with E-state index in [1.807, 2.05) is 0 Å². The fourth-order valence-corrected chi connectivity index (χ4v) is 8.15. The van der Waals surface area contributed by atoms with E-state index in [2.05, 4.69) is 139 Å². The number of para-hydroxylation sites is 1. The second-order valence-electron chi connectivity index (χ2n) is 12.2. The van der Waals surface area contributed by atoms with Crippen molar-refractivity contribution in [3.05, 3.63) is 144 Å². The Hall–Kier alpha value is -5.14. The van der Waals surface area contributed by atoms with Gasteiger partial charge in [0.25, 0.3) is 0 Å². The molecule has 8 aromatic rings. The van der Waals surface area contributed by atoms with Crippen molar-refractivity contribution in [2.45, 2.75) is 13.3 Å². The molecular weight excluding hydrogens is 506 g/mol. The molecule has 1 unspecified atom stereocenters. The summed E-state index contributed by atoms with van der Waals surface area (Å²) in [6.07, 6.45) is 3.61. The Morgan fingerprint density at radius 3 is 1.93 bits per heavy atom. The highest BCUT2D eigenvalue weighted by Gasteiger charge is 2.32. The van der Waals surface area contributed by atoms with E-state index in [0.717, 1.165) is 6.42 Å². The van der Waals surface area contributed by atoms with Crippen LogP contribution in [0, 0.1) is 5.92 Å². The van der Waals surface area contributed by atoms with Gasteiger partial charge in [-0.3, -0.25) is 0 Å². The van der Waals surface area contributed by atoms with E-state index in [9.17, 15) is 0 Å². The van der Waals surface area contributed by atoms with Crippen molar-refractivity contribution in [2.75, 3.05) is 0 Å². The summed E-state index contributed by atoms with van der Waals surface area (Å²) >= 11 is 0. The zero-order valence-corrected chi connectivity index (χ0v) is 23.4. The number of aromatic nitrogens is 1. The third kappa shape index (κ3) is 2.78. The smallest absolute Gasteiger partial charge is 0.0625 e. The lowest BCUT2D eigenvalue weighted by atomic mass is 9.85. The van der Waals surface area contributed by atoms with Gasteiger partial charge >= 0.3 is 0 Å². The van der Waals surface area contributed by atoms with Crippen molar-refractivity contribution >= 4 is 59.7 Å². The lowest BCUT2D eigenvalue weighted by Gasteiger charge is -2.19. The fourth-order valence-electron chi connectivity index (χ4n) is 8.15. The van der Waals surface area contributed by atoms with Gasteiger partial charge in [0.1, 0.15) is 0 Å².